The molecule has 0 unspecified atom stereocenters. The molecule has 1 aromatic carbocycles. The number of hydrogen-bond acceptors (Lipinski definition) is 3. The van der Waals surface area contributed by atoms with E-state index in [1.165, 1.54) is 11.3 Å². The van der Waals surface area contributed by atoms with Crippen molar-refractivity contribution in [1.29, 1.82) is 0 Å². The molecule has 0 bridgehead atoms. The first-order valence-electron chi connectivity index (χ1n) is 6.53. The van der Waals surface area contributed by atoms with Crippen LogP contribution >= 0.6 is 11.3 Å². The van der Waals surface area contributed by atoms with Crippen molar-refractivity contribution in [3.05, 3.63) is 34.5 Å². The normalized spacial score (nSPS) is 15.1. The predicted octanol–water partition coefficient (Wildman–Crippen LogP) is 3.10. The summed E-state index contributed by atoms with van der Waals surface area (Å²) < 4.78 is 0. The molecule has 4 heteroatoms. The Morgan fingerprint density at radius 2 is 1.89 bits per heavy atom. The maximum Gasteiger partial charge on any atom is 0.230 e. The first-order valence-corrected chi connectivity index (χ1v) is 7.41. The Hall–Kier alpha value is -1.68. The topological polar surface area (TPSA) is 37.4 Å². The molecule has 0 radical (unpaired) electrons. The number of ketones is 1. The minimum Gasteiger partial charge on any atom is -0.342 e. The van der Waals surface area contributed by atoms with Crippen molar-refractivity contribution in [1.82, 2.24) is 4.90 Å². The second kappa shape index (κ2) is 5.13. The van der Waals surface area contributed by atoms with Gasteiger partial charge in [0.25, 0.3) is 0 Å². The van der Waals surface area contributed by atoms with E-state index in [-0.39, 0.29) is 18.1 Å². The molecule has 2 aromatic rings. The van der Waals surface area contributed by atoms with Gasteiger partial charge in [0.15, 0.2) is 5.78 Å². The van der Waals surface area contributed by atoms with Crippen molar-refractivity contribution in [3.63, 3.8) is 0 Å². The van der Waals surface area contributed by atoms with E-state index in [0.29, 0.717) is 4.88 Å². The standard InChI is InChI=1S/C15H15NO2S/c17-13(9-14(18)16-7-3-4-8-16)15-12-6-2-1-5-11(12)10-19-15/h1-2,5-6,10H,3-4,7-9H2. The zero-order valence-electron chi connectivity index (χ0n) is 10.6. The molecule has 1 aromatic heterocycles. The molecule has 1 saturated heterocycles. The van der Waals surface area contributed by atoms with Gasteiger partial charge in [-0.25, -0.2) is 0 Å². The third-order valence-corrected chi connectivity index (χ3v) is 4.59. The van der Waals surface area contributed by atoms with Gasteiger partial charge < -0.3 is 4.90 Å². The third-order valence-electron chi connectivity index (χ3n) is 3.53. The van der Waals surface area contributed by atoms with Gasteiger partial charge in [-0.1, -0.05) is 24.3 Å². The van der Waals surface area contributed by atoms with Gasteiger partial charge in [0.2, 0.25) is 5.91 Å². The van der Waals surface area contributed by atoms with E-state index in [1.54, 1.807) is 4.90 Å². The second-order valence-corrected chi connectivity index (χ2v) is 5.72. The fourth-order valence-corrected chi connectivity index (χ4v) is 3.47. The number of thiophene rings is 1. The molecule has 1 amide bonds. The van der Waals surface area contributed by atoms with Crippen LogP contribution in [0.1, 0.15) is 28.9 Å². The summed E-state index contributed by atoms with van der Waals surface area (Å²) in [6, 6.07) is 7.82. The van der Waals surface area contributed by atoms with Gasteiger partial charge in [-0.05, 0) is 23.6 Å². The second-order valence-electron chi connectivity index (χ2n) is 4.84. The summed E-state index contributed by atoms with van der Waals surface area (Å²) in [5, 5.41) is 4.01. The van der Waals surface area contributed by atoms with Crippen LogP contribution in [0.4, 0.5) is 0 Å². The van der Waals surface area contributed by atoms with Crippen LogP contribution in [0.2, 0.25) is 0 Å². The summed E-state index contributed by atoms with van der Waals surface area (Å²) in [5.74, 6) is -0.0805. The Labute approximate surface area is 115 Å². The van der Waals surface area contributed by atoms with E-state index in [4.69, 9.17) is 0 Å². The van der Waals surface area contributed by atoms with Gasteiger partial charge in [0, 0.05) is 18.5 Å². The average molecular weight is 273 g/mol. The lowest BCUT2D eigenvalue weighted by molar-refractivity contribution is -0.129. The molecule has 0 spiro atoms. The number of rotatable bonds is 3. The van der Waals surface area contributed by atoms with Crippen molar-refractivity contribution in [2.24, 2.45) is 0 Å². The fraction of sp³-hybridized carbons (Fsp3) is 0.333. The van der Waals surface area contributed by atoms with Crippen LogP contribution in [0.5, 0.6) is 0 Å². The highest BCUT2D eigenvalue weighted by Gasteiger charge is 2.22. The molecular weight excluding hydrogens is 258 g/mol. The van der Waals surface area contributed by atoms with Crippen LogP contribution in [-0.4, -0.2) is 29.7 Å². The first kappa shape index (κ1) is 12.4. The summed E-state index contributed by atoms with van der Waals surface area (Å²) >= 11 is 1.44. The van der Waals surface area contributed by atoms with Gasteiger partial charge in [0.1, 0.15) is 0 Å². The third kappa shape index (κ3) is 2.40. The molecule has 3 nitrogen and oxygen atoms in total. The Kier molecular flexibility index (Phi) is 3.34. The van der Waals surface area contributed by atoms with E-state index in [0.717, 1.165) is 36.7 Å². The van der Waals surface area contributed by atoms with E-state index in [1.807, 2.05) is 29.6 Å². The van der Waals surface area contributed by atoms with E-state index in [2.05, 4.69) is 0 Å². The number of amides is 1. The molecule has 0 aliphatic carbocycles. The maximum atomic E-state index is 12.2. The Bertz CT molecular complexity index is 626. The lowest BCUT2D eigenvalue weighted by Crippen LogP contribution is -2.29. The number of nitrogens with zero attached hydrogens (tertiary/aromatic N) is 1. The van der Waals surface area contributed by atoms with Crippen molar-refractivity contribution >= 4 is 33.8 Å². The number of hydrogen-bond donors (Lipinski definition) is 0. The number of likely N-dealkylation sites (tertiary alicyclic amines) is 1. The van der Waals surface area contributed by atoms with Crippen molar-refractivity contribution < 1.29 is 9.59 Å². The largest absolute Gasteiger partial charge is 0.342 e. The molecule has 19 heavy (non-hydrogen) atoms. The monoisotopic (exact) mass is 273 g/mol. The zero-order chi connectivity index (χ0) is 13.2. The number of carbonyl (C=O) groups excluding carboxylic acids is 2. The van der Waals surface area contributed by atoms with Gasteiger partial charge >= 0.3 is 0 Å². The number of fused-ring (bicyclic) bond motifs is 1. The summed E-state index contributed by atoms with van der Waals surface area (Å²) in [6.45, 7) is 1.61. The summed E-state index contributed by atoms with van der Waals surface area (Å²) in [5.41, 5.74) is 0. The van der Waals surface area contributed by atoms with Crippen LogP contribution < -0.4 is 0 Å². The molecular formula is C15H15NO2S. The number of benzene rings is 1. The van der Waals surface area contributed by atoms with E-state index in [9.17, 15) is 9.59 Å². The minimum absolute atomic E-state index is 0.00447. The highest BCUT2D eigenvalue weighted by atomic mass is 32.1. The quantitative estimate of drug-likeness (QED) is 0.636. The van der Waals surface area contributed by atoms with Crippen LogP contribution in [0.25, 0.3) is 10.8 Å². The highest BCUT2D eigenvalue weighted by Crippen LogP contribution is 2.27. The Morgan fingerprint density at radius 3 is 2.68 bits per heavy atom. The zero-order valence-corrected chi connectivity index (χ0v) is 11.4. The molecule has 2 heterocycles. The molecule has 0 N–H and O–H groups in total. The van der Waals surface area contributed by atoms with Gasteiger partial charge in [-0.15, -0.1) is 11.3 Å². The number of carbonyl (C=O) groups is 2. The Balaban J connectivity index is 1.78. The molecule has 0 atom stereocenters. The van der Waals surface area contributed by atoms with Crippen LogP contribution in [0.3, 0.4) is 0 Å². The SMILES string of the molecule is O=C(CC(=O)N1CCCC1)c1scc2ccccc12. The van der Waals surface area contributed by atoms with Crippen molar-refractivity contribution in [3.8, 4) is 0 Å². The molecule has 1 fully saturated rings. The summed E-state index contributed by atoms with van der Waals surface area (Å²) in [4.78, 5) is 26.8. The minimum atomic E-state index is -0.0527. The summed E-state index contributed by atoms with van der Waals surface area (Å²) in [6.07, 6.45) is 2.12. The lowest BCUT2D eigenvalue weighted by Gasteiger charge is -2.14. The molecule has 3 rings (SSSR count). The average Bonchev–Trinajstić information content (AvgIpc) is 3.08. The molecule has 0 saturated carbocycles. The van der Waals surface area contributed by atoms with E-state index < -0.39 is 0 Å². The van der Waals surface area contributed by atoms with Gasteiger partial charge in [-0.3, -0.25) is 9.59 Å². The van der Waals surface area contributed by atoms with Crippen LogP contribution in [0.15, 0.2) is 29.6 Å². The predicted molar refractivity (Wildman–Crippen MR) is 76.6 cm³/mol. The van der Waals surface area contributed by atoms with E-state index >= 15 is 0 Å². The Morgan fingerprint density at radius 1 is 1.16 bits per heavy atom. The van der Waals surface area contributed by atoms with Crippen LogP contribution in [-0.2, 0) is 4.79 Å². The highest BCUT2D eigenvalue weighted by molar-refractivity contribution is 7.13. The van der Waals surface area contributed by atoms with Gasteiger partial charge in [0.05, 0.1) is 11.3 Å². The maximum absolute atomic E-state index is 12.2. The smallest absolute Gasteiger partial charge is 0.230 e. The van der Waals surface area contributed by atoms with Crippen LogP contribution in [0, 0.1) is 0 Å². The lowest BCUT2D eigenvalue weighted by atomic mass is 10.1. The van der Waals surface area contributed by atoms with Crippen molar-refractivity contribution in [2.75, 3.05) is 13.1 Å². The molecule has 1 aliphatic rings. The fourth-order valence-electron chi connectivity index (χ4n) is 2.50. The molecule has 1 aliphatic heterocycles. The first-order chi connectivity index (χ1) is 9.25. The van der Waals surface area contributed by atoms with Crippen molar-refractivity contribution in [2.45, 2.75) is 19.3 Å². The van der Waals surface area contributed by atoms with Gasteiger partial charge in [-0.2, -0.15) is 0 Å². The summed E-state index contributed by atoms with van der Waals surface area (Å²) in [7, 11) is 0. The number of Topliss-reactive ketones (excluding diaryl/α,β-unsaturated/α-hetero) is 1. The molecule has 98 valence electrons.